The number of carbonyl (C=O) groups excluding carboxylic acids is 2. The van der Waals surface area contributed by atoms with Crippen LogP contribution in [0.1, 0.15) is 10.4 Å². The van der Waals surface area contributed by atoms with E-state index in [4.69, 9.17) is 19.9 Å². The zero-order chi connectivity index (χ0) is 16.5. The Morgan fingerprint density at radius 1 is 0.870 bits per heavy atom. The molecule has 2 rings (SSSR count). The Balaban J connectivity index is 1.70. The highest BCUT2D eigenvalue weighted by Crippen LogP contribution is 2.17. The van der Waals surface area contributed by atoms with Crippen molar-refractivity contribution in [2.75, 3.05) is 19.8 Å². The van der Waals surface area contributed by atoms with Gasteiger partial charge < -0.3 is 19.9 Å². The zero-order valence-electron chi connectivity index (χ0n) is 12.4. The largest absolute Gasteiger partial charge is 0.490 e. The molecule has 0 radical (unpaired) electrons. The third-order valence-corrected chi connectivity index (χ3v) is 2.86. The number of para-hydroxylation sites is 2. The van der Waals surface area contributed by atoms with Crippen LogP contribution in [0, 0.1) is 0 Å². The maximum Gasteiger partial charge on any atom is 0.344 e. The first kappa shape index (κ1) is 16.4. The monoisotopic (exact) mass is 315 g/mol. The highest BCUT2D eigenvalue weighted by Gasteiger charge is 2.10. The first-order valence-electron chi connectivity index (χ1n) is 7.02. The van der Waals surface area contributed by atoms with E-state index in [-0.39, 0.29) is 31.1 Å². The van der Waals surface area contributed by atoms with Gasteiger partial charge in [-0.1, -0.05) is 30.3 Å². The van der Waals surface area contributed by atoms with Crippen LogP contribution in [0.2, 0.25) is 0 Å². The molecule has 6 nitrogen and oxygen atoms in total. The van der Waals surface area contributed by atoms with Gasteiger partial charge in [0.15, 0.2) is 6.61 Å². The number of carbonyl (C=O) groups is 2. The number of primary amides is 1. The van der Waals surface area contributed by atoms with Gasteiger partial charge in [0.05, 0.1) is 5.56 Å². The Kier molecular flexibility index (Phi) is 5.99. The van der Waals surface area contributed by atoms with Crippen molar-refractivity contribution in [3.05, 3.63) is 60.2 Å². The minimum atomic E-state index is -0.620. The van der Waals surface area contributed by atoms with E-state index in [1.54, 1.807) is 18.2 Å². The van der Waals surface area contributed by atoms with Crippen LogP contribution in [-0.4, -0.2) is 31.7 Å². The van der Waals surface area contributed by atoms with Crippen LogP contribution >= 0.6 is 0 Å². The van der Waals surface area contributed by atoms with Crippen molar-refractivity contribution in [1.82, 2.24) is 0 Å². The zero-order valence-corrected chi connectivity index (χ0v) is 12.4. The third-order valence-electron chi connectivity index (χ3n) is 2.86. The number of amides is 1. The highest BCUT2D eigenvalue weighted by molar-refractivity contribution is 5.95. The number of hydrogen-bond acceptors (Lipinski definition) is 5. The fourth-order valence-corrected chi connectivity index (χ4v) is 1.81. The predicted octanol–water partition coefficient (Wildman–Crippen LogP) is 1.79. The van der Waals surface area contributed by atoms with E-state index in [0.717, 1.165) is 0 Å². The Bertz CT molecular complexity index is 657. The number of esters is 1. The Morgan fingerprint density at radius 3 is 2.30 bits per heavy atom. The molecule has 1 amide bonds. The summed E-state index contributed by atoms with van der Waals surface area (Å²) in [7, 11) is 0. The van der Waals surface area contributed by atoms with Gasteiger partial charge in [0.2, 0.25) is 0 Å². The van der Waals surface area contributed by atoms with Crippen LogP contribution < -0.4 is 15.2 Å². The molecule has 0 aliphatic heterocycles. The summed E-state index contributed by atoms with van der Waals surface area (Å²) >= 11 is 0. The number of nitrogens with two attached hydrogens (primary N) is 1. The number of rotatable bonds is 8. The summed E-state index contributed by atoms with van der Waals surface area (Å²) < 4.78 is 15.6. The van der Waals surface area contributed by atoms with Crippen molar-refractivity contribution in [3.63, 3.8) is 0 Å². The molecule has 0 atom stereocenters. The topological polar surface area (TPSA) is 87.9 Å². The fourth-order valence-electron chi connectivity index (χ4n) is 1.81. The van der Waals surface area contributed by atoms with Gasteiger partial charge in [-0.25, -0.2) is 4.79 Å². The molecule has 0 aromatic heterocycles. The van der Waals surface area contributed by atoms with Gasteiger partial charge >= 0.3 is 5.97 Å². The van der Waals surface area contributed by atoms with E-state index in [1.807, 2.05) is 30.3 Å². The van der Waals surface area contributed by atoms with Gasteiger partial charge in [-0.05, 0) is 24.3 Å². The molecule has 0 bridgehead atoms. The highest BCUT2D eigenvalue weighted by atomic mass is 16.6. The van der Waals surface area contributed by atoms with Crippen LogP contribution in [-0.2, 0) is 9.53 Å². The molecule has 0 heterocycles. The Morgan fingerprint density at radius 2 is 1.57 bits per heavy atom. The Hall–Kier alpha value is -3.02. The van der Waals surface area contributed by atoms with Crippen molar-refractivity contribution in [3.8, 4) is 11.5 Å². The summed E-state index contributed by atoms with van der Waals surface area (Å²) in [5.41, 5.74) is 5.44. The van der Waals surface area contributed by atoms with E-state index >= 15 is 0 Å². The molecule has 0 aliphatic carbocycles. The van der Waals surface area contributed by atoms with Gasteiger partial charge in [-0.2, -0.15) is 0 Å². The van der Waals surface area contributed by atoms with E-state index in [9.17, 15) is 9.59 Å². The standard InChI is InChI=1S/C17H17NO5/c18-17(20)14-8-4-5-9-15(14)23-12-16(19)22-11-10-21-13-6-2-1-3-7-13/h1-9H,10-12H2,(H2,18,20). The van der Waals surface area contributed by atoms with Gasteiger partial charge in [0, 0.05) is 0 Å². The van der Waals surface area contributed by atoms with Crippen LogP contribution in [0.15, 0.2) is 54.6 Å². The van der Waals surface area contributed by atoms with Crippen LogP contribution in [0.4, 0.5) is 0 Å². The predicted molar refractivity (Wildman–Crippen MR) is 83.4 cm³/mol. The molecule has 120 valence electrons. The van der Waals surface area contributed by atoms with Crippen molar-refractivity contribution in [1.29, 1.82) is 0 Å². The lowest BCUT2D eigenvalue weighted by Crippen LogP contribution is -2.20. The second kappa shape index (κ2) is 8.43. The summed E-state index contributed by atoms with van der Waals surface area (Å²) in [6.45, 7) is 0.0395. The van der Waals surface area contributed by atoms with E-state index in [1.165, 1.54) is 6.07 Å². The van der Waals surface area contributed by atoms with E-state index in [0.29, 0.717) is 5.75 Å². The van der Waals surface area contributed by atoms with Gasteiger partial charge in [0.1, 0.15) is 24.7 Å². The average Bonchev–Trinajstić information content (AvgIpc) is 2.58. The van der Waals surface area contributed by atoms with Crippen LogP contribution in [0.25, 0.3) is 0 Å². The summed E-state index contributed by atoms with van der Waals surface area (Å²) in [4.78, 5) is 22.8. The van der Waals surface area contributed by atoms with Gasteiger partial charge in [-0.3, -0.25) is 4.79 Å². The first-order valence-corrected chi connectivity index (χ1v) is 7.02. The number of hydrogen-bond donors (Lipinski definition) is 1. The lowest BCUT2D eigenvalue weighted by atomic mass is 10.2. The minimum Gasteiger partial charge on any atom is -0.490 e. The lowest BCUT2D eigenvalue weighted by Gasteiger charge is -2.10. The first-order chi connectivity index (χ1) is 11.2. The molecule has 0 spiro atoms. The molecular formula is C17H17NO5. The molecule has 0 unspecified atom stereocenters. The molecule has 23 heavy (non-hydrogen) atoms. The van der Waals surface area contributed by atoms with Crippen molar-refractivity contribution in [2.24, 2.45) is 5.73 Å². The normalized spacial score (nSPS) is 9.91. The van der Waals surface area contributed by atoms with Gasteiger partial charge in [0.25, 0.3) is 5.91 Å². The van der Waals surface area contributed by atoms with Crippen molar-refractivity contribution in [2.45, 2.75) is 0 Å². The van der Waals surface area contributed by atoms with E-state index in [2.05, 4.69) is 0 Å². The number of benzene rings is 2. The molecule has 0 fully saturated rings. The molecule has 2 aromatic carbocycles. The molecule has 2 N–H and O–H groups in total. The molecule has 6 heteroatoms. The molecule has 0 saturated carbocycles. The lowest BCUT2D eigenvalue weighted by molar-refractivity contribution is -0.146. The summed E-state index contributed by atoms with van der Waals surface area (Å²) in [6.07, 6.45) is 0. The van der Waals surface area contributed by atoms with Crippen molar-refractivity contribution < 1.29 is 23.8 Å². The van der Waals surface area contributed by atoms with Crippen LogP contribution in [0.3, 0.4) is 0 Å². The van der Waals surface area contributed by atoms with Crippen LogP contribution in [0.5, 0.6) is 11.5 Å². The third kappa shape index (κ3) is 5.35. The maximum atomic E-state index is 11.6. The summed E-state index contributed by atoms with van der Waals surface area (Å²) in [6, 6.07) is 15.6. The number of ether oxygens (including phenoxy) is 3. The van der Waals surface area contributed by atoms with Crippen molar-refractivity contribution >= 4 is 11.9 Å². The second-order valence-electron chi connectivity index (χ2n) is 4.53. The fraction of sp³-hybridized carbons (Fsp3) is 0.176. The minimum absolute atomic E-state index is 0.106. The van der Waals surface area contributed by atoms with Gasteiger partial charge in [-0.15, -0.1) is 0 Å². The molecule has 0 aliphatic rings. The Labute approximate surface area is 133 Å². The average molecular weight is 315 g/mol. The quantitative estimate of drug-likeness (QED) is 0.592. The summed E-state index contributed by atoms with van der Waals surface area (Å²) in [5.74, 6) is -0.223. The maximum absolute atomic E-state index is 11.6. The van der Waals surface area contributed by atoms with E-state index < -0.39 is 11.9 Å². The molecular weight excluding hydrogens is 298 g/mol. The molecule has 0 saturated heterocycles. The molecule has 2 aromatic rings. The SMILES string of the molecule is NC(=O)c1ccccc1OCC(=O)OCCOc1ccccc1. The summed E-state index contributed by atoms with van der Waals surface area (Å²) in [5, 5.41) is 0. The second-order valence-corrected chi connectivity index (χ2v) is 4.53. The smallest absolute Gasteiger partial charge is 0.344 e.